The lowest BCUT2D eigenvalue weighted by Gasteiger charge is -2.13. The highest BCUT2D eigenvalue weighted by atomic mass is 15.0. The van der Waals surface area contributed by atoms with Gasteiger partial charge in [0.25, 0.3) is 0 Å². The van der Waals surface area contributed by atoms with Crippen molar-refractivity contribution in [1.82, 2.24) is 4.98 Å². The van der Waals surface area contributed by atoms with Crippen LogP contribution in [0.1, 0.15) is 5.69 Å². The van der Waals surface area contributed by atoms with Crippen molar-refractivity contribution in [2.24, 2.45) is 4.99 Å². The molecule has 2 aromatic carbocycles. The van der Waals surface area contributed by atoms with E-state index in [2.05, 4.69) is 15.6 Å². The Kier molecular flexibility index (Phi) is 4.64. The van der Waals surface area contributed by atoms with Crippen molar-refractivity contribution in [3.8, 4) is 0 Å². The van der Waals surface area contributed by atoms with E-state index in [4.69, 9.17) is 4.99 Å². The maximum absolute atomic E-state index is 4.74. The number of benzene rings is 2. The molecule has 0 amide bonds. The molecule has 3 aromatic rings. The summed E-state index contributed by atoms with van der Waals surface area (Å²) in [5.41, 5.74) is 3.54. The number of aliphatic imine (C=N–C) groups is 1. The number of nitrogens with zero attached hydrogens (tertiary/aromatic N) is 2. The minimum Gasteiger partial charge on any atom is -0.386 e. The number of hydrogen-bond donors (Lipinski definition) is 2. The third-order valence-corrected chi connectivity index (χ3v) is 3.33. The van der Waals surface area contributed by atoms with Gasteiger partial charge in [0.15, 0.2) is 5.84 Å². The number of para-hydroxylation sites is 2. The lowest BCUT2D eigenvalue weighted by molar-refractivity contribution is 1.26. The largest absolute Gasteiger partial charge is 0.386 e. The van der Waals surface area contributed by atoms with Gasteiger partial charge in [-0.25, -0.2) is 4.99 Å². The molecule has 4 heteroatoms. The Morgan fingerprint density at radius 2 is 1.57 bits per heavy atom. The number of rotatable bonds is 4. The van der Waals surface area contributed by atoms with Crippen molar-refractivity contribution in [3.63, 3.8) is 0 Å². The summed E-state index contributed by atoms with van der Waals surface area (Å²) in [4.78, 5) is 9.22. The van der Waals surface area contributed by atoms with Gasteiger partial charge in [-0.15, -0.1) is 0 Å². The summed E-state index contributed by atoms with van der Waals surface area (Å²) in [6.45, 7) is 0. The molecule has 2 N–H and O–H groups in total. The van der Waals surface area contributed by atoms with Gasteiger partial charge < -0.3 is 10.6 Å². The molecule has 0 aliphatic carbocycles. The van der Waals surface area contributed by atoms with Crippen LogP contribution in [0.2, 0.25) is 0 Å². The molecule has 114 valence electrons. The Labute approximate surface area is 135 Å². The van der Waals surface area contributed by atoms with E-state index >= 15 is 0 Å². The van der Waals surface area contributed by atoms with E-state index in [9.17, 15) is 0 Å². The van der Waals surface area contributed by atoms with Crippen LogP contribution >= 0.6 is 0 Å². The minimum absolute atomic E-state index is 0.701. The highest BCUT2D eigenvalue weighted by molar-refractivity contribution is 6.11. The van der Waals surface area contributed by atoms with Crippen molar-refractivity contribution in [2.45, 2.75) is 0 Å². The molecule has 0 fully saturated rings. The van der Waals surface area contributed by atoms with E-state index in [0.29, 0.717) is 5.84 Å². The summed E-state index contributed by atoms with van der Waals surface area (Å²) >= 11 is 0. The predicted octanol–water partition coefficient (Wildman–Crippen LogP) is 4.31. The second kappa shape index (κ2) is 7.22. The molecule has 4 nitrogen and oxygen atoms in total. The van der Waals surface area contributed by atoms with E-state index in [0.717, 1.165) is 22.8 Å². The van der Waals surface area contributed by atoms with Crippen LogP contribution in [0, 0.1) is 0 Å². The summed E-state index contributed by atoms with van der Waals surface area (Å²) in [7, 11) is 1.88. The van der Waals surface area contributed by atoms with Crippen molar-refractivity contribution in [3.05, 3.63) is 84.7 Å². The lowest BCUT2D eigenvalue weighted by atomic mass is 10.2. The first-order valence-electron chi connectivity index (χ1n) is 7.46. The third kappa shape index (κ3) is 3.74. The number of hydrogen-bond acceptors (Lipinski definition) is 3. The van der Waals surface area contributed by atoms with Gasteiger partial charge in [-0.1, -0.05) is 36.4 Å². The number of anilines is 2. The van der Waals surface area contributed by atoms with Gasteiger partial charge >= 0.3 is 0 Å². The quantitative estimate of drug-likeness (QED) is 0.557. The molecule has 0 saturated carbocycles. The van der Waals surface area contributed by atoms with Crippen LogP contribution in [0.25, 0.3) is 0 Å². The molecular weight excluding hydrogens is 284 g/mol. The Hall–Kier alpha value is -3.14. The lowest BCUT2D eigenvalue weighted by Crippen LogP contribution is -2.17. The first-order valence-corrected chi connectivity index (χ1v) is 7.46. The smallest absolute Gasteiger partial charge is 0.159 e. The van der Waals surface area contributed by atoms with E-state index in [1.165, 1.54) is 0 Å². The normalized spacial score (nSPS) is 11.1. The van der Waals surface area contributed by atoms with E-state index in [-0.39, 0.29) is 0 Å². The first-order chi connectivity index (χ1) is 11.4. The molecular formula is C19H18N4. The Balaban J connectivity index is 2.05. The molecule has 1 aromatic heterocycles. The second-order valence-corrected chi connectivity index (χ2v) is 4.94. The van der Waals surface area contributed by atoms with Crippen molar-refractivity contribution < 1.29 is 0 Å². The Morgan fingerprint density at radius 1 is 0.870 bits per heavy atom. The molecule has 0 radical (unpaired) electrons. The molecule has 1 heterocycles. The summed E-state index contributed by atoms with van der Waals surface area (Å²) in [5.74, 6) is 0.701. The van der Waals surface area contributed by atoms with Crippen LogP contribution in [-0.2, 0) is 0 Å². The minimum atomic E-state index is 0.701. The molecule has 23 heavy (non-hydrogen) atoms. The van der Waals surface area contributed by atoms with Gasteiger partial charge in [-0.05, 0) is 36.4 Å². The maximum atomic E-state index is 4.74. The van der Waals surface area contributed by atoms with Crippen LogP contribution in [-0.4, -0.2) is 17.9 Å². The second-order valence-electron chi connectivity index (χ2n) is 4.94. The SMILES string of the molecule is CNc1cccnc1C(=Nc1ccccc1)Nc1ccccc1. The zero-order valence-corrected chi connectivity index (χ0v) is 12.9. The van der Waals surface area contributed by atoms with Crippen molar-refractivity contribution in [1.29, 1.82) is 0 Å². The topological polar surface area (TPSA) is 49.3 Å². The van der Waals surface area contributed by atoms with E-state index in [1.807, 2.05) is 79.8 Å². The molecule has 0 saturated heterocycles. The summed E-state index contributed by atoms with van der Waals surface area (Å²) in [6.07, 6.45) is 1.77. The predicted molar refractivity (Wildman–Crippen MR) is 96.5 cm³/mol. The molecule has 0 aliphatic rings. The van der Waals surface area contributed by atoms with Gasteiger partial charge in [-0.3, -0.25) is 4.98 Å². The van der Waals surface area contributed by atoms with Crippen LogP contribution < -0.4 is 10.6 Å². The monoisotopic (exact) mass is 302 g/mol. The molecule has 0 atom stereocenters. The zero-order valence-electron chi connectivity index (χ0n) is 12.9. The highest BCUT2D eigenvalue weighted by Gasteiger charge is 2.11. The van der Waals surface area contributed by atoms with Gasteiger partial charge in [0.2, 0.25) is 0 Å². The Bertz CT molecular complexity index is 783. The standard InChI is InChI=1S/C19H18N4/c1-20-17-13-8-14-21-18(17)19(22-15-9-4-2-5-10-15)23-16-11-6-3-7-12-16/h2-14,20H,1H3,(H,22,23). The van der Waals surface area contributed by atoms with Crippen LogP contribution in [0.5, 0.6) is 0 Å². The van der Waals surface area contributed by atoms with Gasteiger partial charge in [0.05, 0.1) is 11.4 Å². The average Bonchev–Trinajstić information content (AvgIpc) is 2.63. The van der Waals surface area contributed by atoms with Crippen LogP contribution in [0.3, 0.4) is 0 Å². The molecule has 0 spiro atoms. The van der Waals surface area contributed by atoms with Crippen LogP contribution in [0.4, 0.5) is 17.1 Å². The summed E-state index contributed by atoms with van der Waals surface area (Å²) in [6, 6.07) is 23.7. The fraction of sp³-hybridized carbons (Fsp3) is 0.0526. The number of pyridine rings is 1. The van der Waals surface area contributed by atoms with Gasteiger partial charge in [0.1, 0.15) is 5.69 Å². The van der Waals surface area contributed by atoms with E-state index in [1.54, 1.807) is 6.20 Å². The van der Waals surface area contributed by atoms with Crippen LogP contribution in [0.15, 0.2) is 84.0 Å². The third-order valence-electron chi connectivity index (χ3n) is 3.33. The fourth-order valence-electron chi connectivity index (χ4n) is 2.23. The average molecular weight is 302 g/mol. The highest BCUT2D eigenvalue weighted by Crippen LogP contribution is 2.19. The van der Waals surface area contributed by atoms with E-state index < -0.39 is 0 Å². The summed E-state index contributed by atoms with van der Waals surface area (Å²) in [5, 5.41) is 6.53. The fourth-order valence-corrected chi connectivity index (χ4v) is 2.23. The van der Waals surface area contributed by atoms with Gasteiger partial charge in [-0.2, -0.15) is 0 Å². The van der Waals surface area contributed by atoms with Crippen molar-refractivity contribution >= 4 is 22.9 Å². The molecule has 0 unspecified atom stereocenters. The number of nitrogens with one attached hydrogen (secondary N) is 2. The maximum Gasteiger partial charge on any atom is 0.159 e. The van der Waals surface area contributed by atoms with Crippen molar-refractivity contribution in [2.75, 3.05) is 17.7 Å². The number of amidine groups is 1. The summed E-state index contributed by atoms with van der Waals surface area (Å²) < 4.78 is 0. The molecule has 0 bridgehead atoms. The number of aromatic nitrogens is 1. The van der Waals surface area contributed by atoms with Gasteiger partial charge in [0, 0.05) is 18.9 Å². The zero-order chi connectivity index (χ0) is 15.9. The Morgan fingerprint density at radius 3 is 2.26 bits per heavy atom. The molecule has 3 rings (SSSR count). The first kappa shape index (κ1) is 14.8. The molecule has 0 aliphatic heterocycles.